The Labute approximate surface area is 179 Å². The molecule has 3 aromatic rings. The minimum atomic E-state index is -0.0806. The van der Waals surface area contributed by atoms with Crippen molar-refractivity contribution in [2.45, 2.75) is 25.8 Å². The second-order valence-electron chi connectivity index (χ2n) is 7.22. The van der Waals surface area contributed by atoms with Crippen LogP contribution in [0, 0.1) is 6.92 Å². The van der Waals surface area contributed by atoms with Crippen LogP contribution >= 0.6 is 22.9 Å². The number of hydrogen-bond acceptors (Lipinski definition) is 5. The van der Waals surface area contributed by atoms with Gasteiger partial charge in [-0.1, -0.05) is 29.8 Å². The minimum absolute atomic E-state index is 0.0547. The van der Waals surface area contributed by atoms with Gasteiger partial charge in [0.05, 0.1) is 5.69 Å². The highest BCUT2D eigenvalue weighted by Crippen LogP contribution is 2.29. The maximum absolute atomic E-state index is 12.9. The Balaban J connectivity index is 1.46. The zero-order valence-electron chi connectivity index (χ0n) is 16.1. The van der Waals surface area contributed by atoms with Gasteiger partial charge in [-0.2, -0.15) is 0 Å². The number of nitrogens with zero attached hydrogens (tertiary/aromatic N) is 2. The van der Waals surface area contributed by atoms with Gasteiger partial charge in [0, 0.05) is 41.5 Å². The lowest BCUT2D eigenvalue weighted by Crippen LogP contribution is -2.47. The maximum Gasteiger partial charge on any atom is 0.263 e. The van der Waals surface area contributed by atoms with Crippen LogP contribution in [0.25, 0.3) is 10.6 Å². The molecule has 5 nitrogen and oxygen atoms in total. The number of aryl methyl sites for hydroxylation is 1. The number of benzene rings is 2. The molecule has 1 aliphatic rings. The van der Waals surface area contributed by atoms with E-state index in [0.29, 0.717) is 9.90 Å². The molecular formula is C22H22ClN3O2S. The molecule has 150 valence electrons. The third-order valence-corrected chi connectivity index (χ3v) is 6.50. The van der Waals surface area contributed by atoms with Crippen molar-refractivity contribution in [3.05, 3.63) is 64.1 Å². The lowest BCUT2D eigenvalue weighted by Gasteiger charge is -2.34. The Hall–Kier alpha value is -2.57. The highest BCUT2D eigenvalue weighted by atomic mass is 35.5. The number of thiazole rings is 1. The fourth-order valence-electron chi connectivity index (χ4n) is 3.59. The number of carbonyl (C=O) groups is 1. The van der Waals surface area contributed by atoms with Gasteiger partial charge in [-0.3, -0.25) is 4.79 Å². The van der Waals surface area contributed by atoms with E-state index in [1.165, 1.54) is 11.3 Å². The summed E-state index contributed by atoms with van der Waals surface area (Å²) in [4.78, 5) is 20.3. The number of rotatable bonds is 4. The molecule has 1 saturated heterocycles. The molecule has 1 aromatic heterocycles. The molecule has 0 saturated carbocycles. The van der Waals surface area contributed by atoms with E-state index in [1.54, 1.807) is 12.1 Å². The highest BCUT2D eigenvalue weighted by molar-refractivity contribution is 7.17. The van der Waals surface area contributed by atoms with Crippen molar-refractivity contribution in [3.8, 4) is 16.3 Å². The van der Waals surface area contributed by atoms with E-state index in [0.717, 1.165) is 47.9 Å². The summed E-state index contributed by atoms with van der Waals surface area (Å²) in [5.41, 5.74) is 2.66. The molecule has 2 heterocycles. The number of nitrogens with one attached hydrogen (secondary N) is 1. The Morgan fingerprint density at radius 3 is 2.83 bits per heavy atom. The topological polar surface area (TPSA) is 65.5 Å². The SMILES string of the molecule is Cc1nc(-c2ccc(Cl)cc2)sc1C(=O)NC1CCCN(c2cccc(O)c2)C1. The van der Waals surface area contributed by atoms with Crippen molar-refractivity contribution in [2.75, 3.05) is 18.0 Å². The molecule has 1 atom stereocenters. The molecule has 2 aromatic carbocycles. The average Bonchev–Trinajstić information content (AvgIpc) is 3.10. The standard InChI is InChI=1S/C22H22ClN3O2S/c1-14-20(29-22(24-14)15-7-9-16(23)10-8-15)21(28)25-17-4-3-11-26(13-17)18-5-2-6-19(27)12-18/h2,5-10,12,17,27H,3-4,11,13H2,1H3,(H,25,28). The number of carbonyl (C=O) groups excluding carboxylic acids is 1. The van der Waals surface area contributed by atoms with Crippen LogP contribution in [0.1, 0.15) is 28.2 Å². The van der Waals surface area contributed by atoms with E-state index in [1.807, 2.05) is 43.3 Å². The number of piperidine rings is 1. The first-order valence-electron chi connectivity index (χ1n) is 9.58. The van der Waals surface area contributed by atoms with Crippen molar-refractivity contribution in [3.63, 3.8) is 0 Å². The zero-order chi connectivity index (χ0) is 20.4. The lowest BCUT2D eigenvalue weighted by atomic mass is 10.0. The van der Waals surface area contributed by atoms with Crippen LogP contribution in [0.3, 0.4) is 0 Å². The van der Waals surface area contributed by atoms with Crippen molar-refractivity contribution in [2.24, 2.45) is 0 Å². The molecule has 1 amide bonds. The summed E-state index contributed by atoms with van der Waals surface area (Å²) >= 11 is 7.36. The molecule has 0 bridgehead atoms. The number of phenolic OH excluding ortho intramolecular Hbond substituents is 1. The van der Waals surface area contributed by atoms with Gasteiger partial charge in [-0.25, -0.2) is 4.98 Å². The Kier molecular flexibility index (Phi) is 5.74. The van der Waals surface area contributed by atoms with Crippen LogP contribution in [-0.4, -0.2) is 35.1 Å². The molecule has 0 radical (unpaired) electrons. The first-order chi connectivity index (χ1) is 14.0. The predicted octanol–water partition coefficient (Wildman–Crippen LogP) is 4.88. The van der Waals surface area contributed by atoms with Crippen molar-refractivity contribution in [1.29, 1.82) is 0 Å². The quantitative estimate of drug-likeness (QED) is 0.623. The van der Waals surface area contributed by atoms with Gasteiger partial charge in [-0.15, -0.1) is 11.3 Å². The number of aromatic hydroxyl groups is 1. The second-order valence-corrected chi connectivity index (χ2v) is 8.65. The van der Waals surface area contributed by atoms with Gasteiger partial charge in [0.2, 0.25) is 0 Å². The first kappa shape index (κ1) is 19.7. The van der Waals surface area contributed by atoms with Gasteiger partial charge >= 0.3 is 0 Å². The summed E-state index contributed by atoms with van der Waals surface area (Å²) in [7, 11) is 0. The Morgan fingerprint density at radius 1 is 1.28 bits per heavy atom. The molecule has 4 rings (SSSR count). The largest absolute Gasteiger partial charge is 0.508 e. The fourth-order valence-corrected chi connectivity index (χ4v) is 4.69. The van der Waals surface area contributed by atoms with E-state index >= 15 is 0 Å². The van der Waals surface area contributed by atoms with Gasteiger partial charge in [0.1, 0.15) is 15.6 Å². The predicted molar refractivity (Wildman–Crippen MR) is 118 cm³/mol. The molecule has 1 unspecified atom stereocenters. The van der Waals surface area contributed by atoms with E-state index in [9.17, 15) is 9.90 Å². The molecule has 2 N–H and O–H groups in total. The van der Waals surface area contributed by atoms with Crippen LogP contribution < -0.4 is 10.2 Å². The number of amides is 1. The first-order valence-corrected chi connectivity index (χ1v) is 10.8. The molecule has 29 heavy (non-hydrogen) atoms. The van der Waals surface area contributed by atoms with Gasteiger partial charge in [0.25, 0.3) is 5.91 Å². The number of phenols is 1. The highest BCUT2D eigenvalue weighted by Gasteiger charge is 2.24. The average molecular weight is 428 g/mol. The van der Waals surface area contributed by atoms with Crippen LogP contribution in [0.5, 0.6) is 5.75 Å². The summed E-state index contributed by atoms with van der Waals surface area (Å²) in [5.74, 6) is 0.173. The van der Waals surface area contributed by atoms with E-state index < -0.39 is 0 Å². The second kappa shape index (κ2) is 8.43. The normalized spacial score (nSPS) is 16.6. The minimum Gasteiger partial charge on any atom is -0.508 e. The fraction of sp³-hybridized carbons (Fsp3) is 0.273. The number of hydrogen-bond donors (Lipinski definition) is 2. The molecule has 1 aliphatic heterocycles. The van der Waals surface area contributed by atoms with E-state index in [4.69, 9.17) is 11.6 Å². The Morgan fingerprint density at radius 2 is 2.07 bits per heavy atom. The number of halogens is 1. The molecule has 1 fully saturated rings. The smallest absolute Gasteiger partial charge is 0.263 e. The van der Waals surface area contributed by atoms with Gasteiger partial charge in [0.15, 0.2) is 0 Å². The summed E-state index contributed by atoms with van der Waals surface area (Å²) in [5, 5.41) is 14.4. The summed E-state index contributed by atoms with van der Waals surface area (Å²) in [6.45, 7) is 3.50. The van der Waals surface area contributed by atoms with Crippen molar-refractivity contribution < 1.29 is 9.90 Å². The van der Waals surface area contributed by atoms with Crippen LogP contribution in [0.15, 0.2) is 48.5 Å². The summed E-state index contributed by atoms with van der Waals surface area (Å²) in [6.07, 6.45) is 1.92. The number of anilines is 1. The Bertz CT molecular complexity index is 1020. The molecule has 0 aliphatic carbocycles. The van der Waals surface area contributed by atoms with Crippen LogP contribution in [-0.2, 0) is 0 Å². The lowest BCUT2D eigenvalue weighted by molar-refractivity contribution is 0.0936. The molecule has 0 spiro atoms. The maximum atomic E-state index is 12.9. The molecular weight excluding hydrogens is 406 g/mol. The van der Waals surface area contributed by atoms with Crippen molar-refractivity contribution >= 4 is 34.5 Å². The third-order valence-electron chi connectivity index (χ3n) is 5.05. The van der Waals surface area contributed by atoms with E-state index in [-0.39, 0.29) is 17.7 Å². The third kappa shape index (κ3) is 4.54. The van der Waals surface area contributed by atoms with Crippen LogP contribution in [0.4, 0.5) is 5.69 Å². The molecule has 7 heteroatoms. The van der Waals surface area contributed by atoms with E-state index in [2.05, 4.69) is 15.2 Å². The summed E-state index contributed by atoms with van der Waals surface area (Å²) < 4.78 is 0. The van der Waals surface area contributed by atoms with Gasteiger partial charge < -0.3 is 15.3 Å². The van der Waals surface area contributed by atoms with Crippen molar-refractivity contribution in [1.82, 2.24) is 10.3 Å². The van der Waals surface area contributed by atoms with Gasteiger partial charge in [-0.05, 0) is 44.0 Å². The van der Waals surface area contributed by atoms with Crippen LogP contribution in [0.2, 0.25) is 5.02 Å². The monoisotopic (exact) mass is 427 g/mol. The number of aromatic nitrogens is 1. The summed E-state index contributed by atoms with van der Waals surface area (Å²) in [6, 6.07) is 14.8. The zero-order valence-corrected chi connectivity index (χ0v) is 17.6.